The van der Waals surface area contributed by atoms with Crippen LogP contribution in [0.25, 0.3) is 0 Å². The van der Waals surface area contributed by atoms with E-state index in [0.29, 0.717) is 30.5 Å². The second-order valence-corrected chi connectivity index (χ2v) is 7.89. The lowest BCUT2D eigenvalue weighted by Gasteiger charge is -2.36. The first kappa shape index (κ1) is 17.4. The zero-order chi connectivity index (χ0) is 18.1. The van der Waals surface area contributed by atoms with E-state index in [0.717, 1.165) is 44.5 Å². The van der Waals surface area contributed by atoms with Crippen LogP contribution in [0.15, 0.2) is 24.3 Å². The van der Waals surface area contributed by atoms with Gasteiger partial charge in [-0.1, -0.05) is 12.5 Å². The molecular formula is C21H28N2O3. The molecule has 1 saturated carbocycles. The summed E-state index contributed by atoms with van der Waals surface area (Å²) < 4.78 is 5.54. The highest BCUT2D eigenvalue weighted by Crippen LogP contribution is 2.33. The molecule has 3 saturated heterocycles. The lowest BCUT2D eigenvalue weighted by molar-refractivity contribution is -0.138. The summed E-state index contributed by atoms with van der Waals surface area (Å²) in [7, 11) is 0. The third kappa shape index (κ3) is 3.31. The van der Waals surface area contributed by atoms with Crippen molar-refractivity contribution in [2.75, 3.05) is 26.2 Å². The predicted molar refractivity (Wildman–Crippen MR) is 99.1 cm³/mol. The van der Waals surface area contributed by atoms with Crippen LogP contribution in [0, 0.1) is 11.8 Å². The van der Waals surface area contributed by atoms with Crippen molar-refractivity contribution in [2.45, 2.75) is 45.1 Å². The molecule has 3 heterocycles. The SMILES string of the molecule is CCOc1cccc(C(=O)N2C[C@H]3CC[C@@H]2CN(C(=O)C2CCC2)C3)c1. The van der Waals surface area contributed by atoms with Gasteiger partial charge in [-0.25, -0.2) is 0 Å². The van der Waals surface area contributed by atoms with Crippen molar-refractivity contribution in [1.82, 2.24) is 9.80 Å². The number of carbonyl (C=O) groups excluding carboxylic acids is 2. The first-order valence-electron chi connectivity index (χ1n) is 9.98. The van der Waals surface area contributed by atoms with Gasteiger partial charge in [-0.05, 0) is 56.7 Å². The van der Waals surface area contributed by atoms with Crippen LogP contribution in [0.2, 0.25) is 0 Å². The molecule has 0 spiro atoms. The van der Waals surface area contributed by atoms with E-state index in [-0.39, 0.29) is 17.9 Å². The van der Waals surface area contributed by atoms with Crippen molar-refractivity contribution < 1.29 is 14.3 Å². The summed E-state index contributed by atoms with van der Waals surface area (Å²) >= 11 is 0. The molecule has 2 bridgehead atoms. The van der Waals surface area contributed by atoms with Crippen molar-refractivity contribution in [3.63, 3.8) is 0 Å². The van der Waals surface area contributed by atoms with Crippen molar-refractivity contribution >= 4 is 11.8 Å². The van der Waals surface area contributed by atoms with Gasteiger partial charge in [0.15, 0.2) is 0 Å². The van der Waals surface area contributed by atoms with Crippen LogP contribution in [-0.4, -0.2) is 53.9 Å². The molecule has 4 aliphatic rings. The fraction of sp³-hybridized carbons (Fsp3) is 0.619. The number of ether oxygens (including phenoxy) is 1. The molecule has 5 rings (SSSR count). The van der Waals surface area contributed by atoms with Gasteiger partial charge in [0.1, 0.15) is 5.75 Å². The van der Waals surface area contributed by atoms with Crippen LogP contribution < -0.4 is 4.74 Å². The second-order valence-electron chi connectivity index (χ2n) is 7.89. The van der Waals surface area contributed by atoms with Crippen molar-refractivity contribution in [3.05, 3.63) is 29.8 Å². The number of benzene rings is 1. The highest BCUT2D eigenvalue weighted by Gasteiger charge is 2.40. The van der Waals surface area contributed by atoms with E-state index in [1.54, 1.807) is 0 Å². The molecule has 4 fully saturated rings. The summed E-state index contributed by atoms with van der Waals surface area (Å²) in [6, 6.07) is 7.60. The van der Waals surface area contributed by atoms with Crippen LogP contribution in [-0.2, 0) is 4.79 Å². The van der Waals surface area contributed by atoms with Crippen LogP contribution in [0.4, 0.5) is 0 Å². The Labute approximate surface area is 155 Å². The number of rotatable bonds is 4. The van der Waals surface area contributed by atoms with E-state index < -0.39 is 0 Å². The normalized spacial score (nSPS) is 25.6. The van der Waals surface area contributed by atoms with Gasteiger partial charge in [0, 0.05) is 37.2 Å². The van der Waals surface area contributed by atoms with Gasteiger partial charge in [0.25, 0.3) is 5.91 Å². The van der Waals surface area contributed by atoms with E-state index in [9.17, 15) is 9.59 Å². The molecule has 26 heavy (non-hydrogen) atoms. The molecule has 3 aliphatic heterocycles. The minimum absolute atomic E-state index is 0.0687. The number of hydrogen-bond donors (Lipinski definition) is 0. The number of amides is 2. The van der Waals surface area contributed by atoms with E-state index in [1.165, 1.54) is 6.42 Å². The maximum atomic E-state index is 13.1. The topological polar surface area (TPSA) is 49.9 Å². The molecular weight excluding hydrogens is 328 g/mol. The Morgan fingerprint density at radius 3 is 2.69 bits per heavy atom. The number of piperidine rings is 1. The van der Waals surface area contributed by atoms with Gasteiger partial charge >= 0.3 is 0 Å². The Hall–Kier alpha value is -2.04. The van der Waals surface area contributed by atoms with E-state index >= 15 is 0 Å². The van der Waals surface area contributed by atoms with Gasteiger partial charge in [0.05, 0.1) is 6.61 Å². The van der Waals surface area contributed by atoms with Gasteiger partial charge < -0.3 is 14.5 Å². The third-order valence-corrected chi connectivity index (χ3v) is 6.13. The Kier molecular flexibility index (Phi) is 4.88. The van der Waals surface area contributed by atoms with E-state index in [4.69, 9.17) is 4.74 Å². The van der Waals surface area contributed by atoms with Crippen molar-refractivity contribution in [3.8, 4) is 5.75 Å². The molecule has 1 aromatic carbocycles. The molecule has 0 N–H and O–H groups in total. The first-order valence-corrected chi connectivity index (χ1v) is 9.98. The largest absolute Gasteiger partial charge is 0.494 e. The van der Waals surface area contributed by atoms with Gasteiger partial charge in [-0.15, -0.1) is 0 Å². The minimum atomic E-state index is 0.0687. The average Bonchev–Trinajstić information content (AvgIpc) is 2.92. The highest BCUT2D eigenvalue weighted by atomic mass is 16.5. The molecule has 0 unspecified atom stereocenters. The Morgan fingerprint density at radius 1 is 1.12 bits per heavy atom. The molecule has 5 heteroatoms. The third-order valence-electron chi connectivity index (χ3n) is 6.13. The Bertz CT molecular complexity index is 686. The van der Waals surface area contributed by atoms with Crippen molar-refractivity contribution in [1.29, 1.82) is 0 Å². The molecule has 5 nitrogen and oxygen atoms in total. The lowest BCUT2D eigenvalue weighted by atomic mass is 9.84. The molecule has 2 amide bonds. The molecule has 140 valence electrons. The molecule has 2 atom stereocenters. The standard InChI is InChI=1S/C21H28N2O3/c1-2-26-19-8-4-7-17(11-19)21(25)23-13-15-9-10-18(23)14-22(12-15)20(24)16-5-3-6-16/h4,7-8,11,15-16,18H,2-3,5-6,9-10,12-14H2,1H3/t15-,18+/m0/s1. The average molecular weight is 356 g/mol. The summed E-state index contributed by atoms with van der Waals surface area (Å²) in [4.78, 5) is 29.9. The smallest absolute Gasteiger partial charge is 0.254 e. The number of fused-ring (bicyclic) bond motifs is 4. The zero-order valence-corrected chi connectivity index (χ0v) is 15.5. The minimum Gasteiger partial charge on any atom is -0.494 e. The van der Waals surface area contributed by atoms with Gasteiger partial charge in [-0.3, -0.25) is 9.59 Å². The monoisotopic (exact) mass is 356 g/mol. The van der Waals surface area contributed by atoms with E-state index in [1.807, 2.05) is 36.1 Å². The van der Waals surface area contributed by atoms with Gasteiger partial charge in [-0.2, -0.15) is 0 Å². The molecule has 1 aliphatic carbocycles. The summed E-state index contributed by atoms with van der Waals surface area (Å²) in [5, 5.41) is 0. The highest BCUT2D eigenvalue weighted by molar-refractivity contribution is 5.95. The summed E-state index contributed by atoms with van der Waals surface area (Å²) in [6.45, 7) is 4.80. The van der Waals surface area contributed by atoms with Crippen LogP contribution in [0.1, 0.15) is 49.4 Å². The molecule has 0 aromatic heterocycles. The number of carbonyl (C=O) groups is 2. The quantitative estimate of drug-likeness (QED) is 0.833. The summed E-state index contributed by atoms with van der Waals surface area (Å²) in [5.74, 6) is 1.76. The van der Waals surface area contributed by atoms with Crippen LogP contribution >= 0.6 is 0 Å². The summed E-state index contributed by atoms with van der Waals surface area (Å²) in [5.41, 5.74) is 0.681. The first-order chi connectivity index (χ1) is 12.7. The lowest BCUT2D eigenvalue weighted by Crippen LogP contribution is -2.48. The van der Waals surface area contributed by atoms with Gasteiger partial charge in [0.2, 0.25) is 5.91 Å². The maximum Gasteiger partial charge on any atom is 0.254 e. The van der Waals surface area contributed by atoms with Crippen LogP contribution in [0.3, 0.4) is 0 Å². The fourth-order valence-corrected chi connectivity index (χ4v) is 4.48. The maximum absolute atomic E-state index is 13.1. The zero-order valence-electron chi connectivity index (χ0n) is 15.5. The summed E-state index contributed by atoms with van der Waals surface area (Å²) in [6.07, 6.45) is 5.37. The Morgan fingerprint density at radius 2 is 1.96 bits per heavy atom. The van der Waals surface area contributed by atoms with E-state index in [2.05, 4.69) is 4.90 Å². The second kappa shape index (κ2) is 7.29. The predicted octanol–water partition coefficient (Wildman–Crippen LogP) is 2.95. The number of hydrogen-bond acceptors (Lipinski definition) is 3. The molecule has 1 aromatic rings. The number of nitrogens with zero attached hydrogens (tertiary/aromatic N) is 2. The fourth-order valence-electron chi connectivity index (χ4n) is 4.48. The molecule has 0 radical (unpaired) electrons. The Balaban J connectivity index is 1.50. The van der Waals surface area contributed by atoms with Crippen molar-refractivity contribution in [2.24, 2.45) is 11.8 Å². The van der Waals surface area contributed by atoms with Crippen LogP contribution in [0.5, 0.6) is 5.75 Å².